The van der Waals surface area contributed by atoms with E-state index >= 15 is 0 Å². The number of hydrogen-bond donors (Lipinski definition) is 0. The minimum absolute atomic E-state index is 0.0278. The molecule has 0 radical (unpaired) electrons. The lowest BCUT2D eigenvalue weighted by molar-refractivity contribution is -0.137. The molecule has 1 fully saturated rings. The van der Waals surface area contributed by atoms with E-state index in [1.807, 2.05) is 0 Å². The monoisotopic (exact) mass is 431 g/mol. The highest BCUT2D eigenvalue weighted by Crippen LogP contribution is 2.29. The average molecular weight is 431 g/mol. The molecule has 1 aliphatic heterocycles. The van der Waals surface area contributed by atoms with Gasteiger partial charge in [-0.15, -0.1) is 0 Å². The maximum atomic E-state index is 12.9. The lowest BCUT2D eigenvalue weighted by atomic mass is 10.1. The minimum atomic E-state index is -4.47. The maximum Gasteiger partial charge on any atom is 0.416 e. The van der Waals surface area contributed by atoms with E-state index in [9.17, 15) is 26.4 Å². The standard InChI is InChI=1S/C18H20F3N3O4S/c1-12-16(13(2)28-22-12)29(26,27)24-9-3-8-23(10-11-24)17(25)14-4-6-15(7-5-14)18(19,20)21/h4-7H,3,8-11H2,1-2H3. The number of hydrogen-bond acceptors (Lipinski definition) is 5. The maximum absolute atomic E-state index is 12.9. The zero-order valence-corrected chi connectivity index (χ0v) is 16.7. The van der Waals surface area contributed by atoms with Crippen molar-refractivity contribution >= 4 is 15.9 Å². The number of alkyl halides is 3. The zero-order chi connectivity index (χ0) is 21.4. The molecule has 0 bridgehead atoms. The van der Waals surface area contributed by atoms with Gasteiger partial charge in [0.1, 0.15) is 10.6 Å². The summed E-state index contributed by atoms with van der Waals surface area (Å²) < 4.78 is 70.2. The molecule has 2 aromatic rings. The van der Waals surface area contributed by atoms with Gasteiger partial charge in [-0.3, -0.25) is 4.79 Å². The molecule has 0 aliphatic carbocycles. The van der Waals surface area contributed by atoms with Crippen molar-refractivity contribution in [2.75, 3.05) is 26.2 Å². The molecule has 1 aromatic heterocycles. The van der Waals surface area contributed by atoms with Crippen LogP contribution < -0.4 is 0 Å². The van der Waals surface area contributed by atoms with Crippen molar-refractivity contribution in [1.29, 1.82) is 0 Å². The summed E-state index contributed by atoms with van der Waals surface area (Å²) in [5.41, 5.74) is -0.439. The van der Waals surface area contributed by atoms with Crippen LogP contribution in [0.1, 0.15) is 33.8 Å². The van der Waals surface area contributed by atoms with Crippen molar-refractivity contribution < 1.29 is 30.9 Å². The summed E-state index contributed by atoms with van der Waals surface area (Å²) in [6.07, 6.45) is -4.08. The lowest BCUT2D eigenvalue weighted by Gasteiger charge is -2.22. The molecule has 7 nitrogen and oxygen atoms in total. The van der Waals surface area contributed by atoms with E-state index in [2.05, 4.69) is 5.16 Å². The Bertz CT molecular complexity index is 981. The fourth-order valence-electron chi connectivity index (χ4n) is 3.29. The summed E-state index contributed by atoms with van der Waals surface area (Å²) in [6, 6.07) is 3.99. The molecule has 158 valence electrons. The van der Waals surface area contributed by atoms with Gasteiger partial charge in [-0.05, 0) is 44.5 Å². The highest BCUT2D eigenvalue weighted by Gasteiger charge is 2.33. The van der Waals surface area contributed by atoms with E-state index in [1.54, 1.807) is 6.92 Å². The van der Waals surface area contributed by atoms with E-state index in [0.717, 1.165) is 24.3 Å². The molecule has 1 aromatic carbocycles. The number of carbonyl (C=O) groups excluding carboxylic acids is 1. The third kappa shape index (κ3) is 4.30. The number of amides is 1. The first-order valence-electron chi connectivity index (χ1n) is 8.91. The predicted octanol–water partition coefficient (Wildman–Crippen LogP) is 2.85. The normalized spacial score (nSPS) is 16.7. The molecule has 29 heavy (non-hydrogen) atoms. The fourth-order valence-corrected chi connectivity index (χ4v) is 5.05. The molecule has 1 aliphatic rings. The number of carbonyl (C=O) groups is 1. The number of halogens is 3. The molecule has 11 heteroatoms. The van der Waals surface area contributed by atoms with Crippen LogP contribution in [-0.4, -0.2) is 54.9 Å². The number of aryl methyl sites for hydroxylation is 2. The molecule has 0 unspecified atom stereocenters. The van der Waals surface area contributed by atoms with Crippen LogP contribution in [0.4, 0.5) is 13.2 Å². The van der Waals surface area contributed by atoms with Crippen molar-refractivity contribution in [1.82, 2.24) is 14.4 Å². The van der Waals surface area contributed by atoms with E-state index in [4.69, 9.17) is 4.52 Å². The Morgan fingerprint density at radius 3 is 2.28 bits per heavy atom. The molecule has 2 heterocycles. The van der Waals surface area contributed by atoms with Gasteiger partial charge in [0.2, 0.25) is 10.0 Å². The van der Waals surface area contributed by atoms with Crippen LogP contribution in [0.15, 0.2) is 33.7 Å². The largest absolute Gasteiger partial charge is 0.416 e. The van der Waals surface area contributed by atoms with Crippen LogP contribution >= 0.6 is 0 Å². The smallest absolute Gasteiger partial charge is 0.360 e. The van der Waals surface area contributed by atoms with Gasteiger partial charge >= 0.3 is 6.18 Å². The van der Waals surface area contributed by atoms with Crippen molar-refractivity contribution in [3.8, 4) is 0 Å². The van der Waals surface area contributed by atoms with Gasteiger partial charge in [0.15, 0.2) is 5.76 Å². The van der Waals surface area contributed by atoms with Gasteiger partial charge in [-0.2, -0.15) is 17.5 Å². The molecule has 3 rings (SSSR count). The number of benzene rings is 1. The van der Waals surface area contributed by atoms with Crippen LogP contribution in [0.3, 0.4) is 0 Å². The molecular formula is C18H20F3N3O4S. The Labute approximate surface area is 166 Å². The van der Waals surface area contributed by atoms with E-state index in [1.165, 1.54) is 16.1 Å². The molecule has 0 atom stereocenters. The summed E-state index contributed by atoms with van der Waals surface area (Å²) in [5.74, 6) is -0.236. The molecule has 0 saturated carbocycles. The molecule has 0 N–H and O–H groups in total. The van der Waals surface area contributed by atoms with Gasteiger partial charge in [-0.25, -0.2) is 8.42 Å². The predicted molar refractivity (Wildman–Crippen MR) is 96.7 cm³/mol. The number of sulfonamides is 1. The van der Waals surface area contributed by atoms with Crippen molar-refractivity contribution in [2.24, 2.45) is 0 Å². The molecule has 1 saturated heterocycles. The second-order valence-electron chi connectivity index (χ2n) is 6.78. The molecule has 0 spiro atoms. The topological polar surface area (TPSA) is 83.7 Å². The third-order valence-electron chi connectivity index (χ3n) is 4.77. The first-order valence-corrected chi connectivity index (χ1v) is 10.4. The Morgan fingerprint density at radius 2 is 1.72 bits per heavy atom. The Morgan fingerprint density at radius 1 is 1.07 bits per heavy atom. The van der Waals surface area contributed by atoms with Gasteiger partial charge < -0.3 is 9.42 Å². The summed E-state index contributed by atoms with van der Waals surface area (Å²) in [7, 11) is -3.83. The highest BCUT2D eigenvalue weighted by molar-refractivity contribution is 7.89. The number of rotatable bonds is 3. The second kappa shape index (κ2) is 7.79. The van der Waals surface area contributed by atoms with Crippen molar-refractivity contribution in [2.45, 2.75) is 31.3 Å². The van der Waals surface area contributed by atoms with Crippen molar-refractivity contribution in [3.63, 3.8) is 0 Å². The summed E-state index contributed by atoms with van der Waals surface area (Å²) in [6.45, 7) is 3.77. The molecular weight excluding hydrogens is 411 g/mol. The Hall–Kier alpha value is -2.40. The Kier molecular flexibility index (Phi) is 5.72. The zero-order valence-electron chi connectivity index (χ0n) is 15.9. The number of nitrogens with zero attached hydrogens (tertiary/aromatic N) is 3. The van der Waals surface area contributed by atoms with Gasteiger partial charge in [0.25, 0.3) is 5.91 Å². The van der Waals surface area contributed by atoms with Gasteiger partial charge in [-0.1, -0.05) is 5.16 Å². The van der Waals surface area contributed by atoms with Crippen LogP contribution in [0.5, 0.6) is 0 Å². The molecule has 1 amide bonds. The highest BCUT2D eigenvalue weighted by atomic mass is 32.2. The third-order valence-corrected chi connectivity index (χ3v) is 6.91. The lowest BCUT2D eigenvalue weighted by Crippen LogP contribution is -2.37. The van der Waals surface area contributed by atoms with E-state index in [-0.39, 0.29) is 41.5 Å². The summed E-state index contributed by atoms with van der Waals surface area (Å²) >= 11 is 0. The minimum Gasteiger partial charge on any atom is -0.360 e. The van der Waals surface area contributed by atoms with Crippen LogP contribution in [0.25, 0.3) is 0 Å². The average Bonchev–Trinajstić information content (AvgIpc) is 2.85. The number of aromatic nitrogens is 1. The summed E-state index contributed by atoms with van der Waals surface area (Å²) in [5, 5.41) is 3.68. The first kappa shape index (κ1) is 21.3. The van der Waals surface area contributed by atoms with Crippen LogP contribution in [0, 0.1) is 13.8 Å². The van der Waals surface area contributed by atoms with Crippen molar-refractivity contribution in [3.05, 3.63) is 46.8 Å². The SMILES string of the molecule is Cc1noc(C)c1S(=O)(=O)N1CCCN(C(=O)c2ccc(C(F)(F)F)cc2)CC1. The summed E-state index contributed by atoms with van der Waals surface area (Å²) in [4.78, 5) is 14.1. The van der Waals surface area contributed by atoms with Crippen LogP contribution in [0.2, 0.25) is 0 Å². The second-order valence-corrected chi connectivity index (χ2v) is 8.65. The first-order chi connectivity index (χ1) is 13.5. The van der Waals surface area contributed by atoms with Gasteiger partial charge in [0.05, 0.1) is 5.56 Å². The quantitative estimate of drug-likeness (QED) is 0.746. The Balaban J connectivity index is 1.74. The van der Waals surface area contributed by atoms with E-state index < -0.39 is 27.7 Å². The van der Waals surface area contributed by atoms with Crippen LogP contribution in [-0.2, 0) is 16.2 Å². The van der Waals surface area contributed by atoms with E-state index in [0.29, 0.717) is 13.0 Å². The van der Waals surface area contributed by atoms with Gasteiger partial charge in [0, 0.05) is 31.7 Å². The fraction of sp³-hybridized carbons (Fsp3) is 0.444.